The van der Waals surface area contributed by atoms with Gasteiger partial charge in [0.2, 0.25) is 0 Å². The highest BCUT2D eigenvalue weighted by Gasteiger charge is 2.34. The summed E-state index contributed by atoms with van der Waals surface area (Å²) in [6, 6.07) is 11.6. The van der Waals surface area contributed by atoms with Gasteiger partial charge >= 0.3 is 6.18 Å². The van der Waals surface area contributed by atoms with Crippen molar-refractivity contribution in [1.29, 1.82) is 5.26 Å². The van der Waals surface area contributed by atoms with E-state index in [9.17, 15) is 22.4 Å². The normalized spacial score (nSPS) is 11.1. The zero-order valence-electron chi connectivity index (χ0n) is 14.9. The van der Waals surface area contributed by atoms with E-state index in [2.05, 4.69) is 10.4 Å². The zero-order chi connectivity index (χ0) is 21.0. The quantitative estimate of drug-likeness (QED) is 0.659. The molecular formula is C20H14F4N4O. The van der Waals surface area contributed by atoms with Crippen LogP contribution in [0.1, 0.15) is 27.2 Å². The summed E-state index contributed by atoms with van der Waals surface area (Å²) in [5.41, 5.74) is -0.451. The topological polar surface area (TPSA) is 70.7 Å². The first-order chi connectivity index (χ1) is 13.8. The van der Waals surface area contributed by atoms with Crippen LogP contribution in [0.15, 0.2) is 54.7 Å². The van der Waals surface area contributed by atoms with Crippen LogP contribution < -0.4 is 5.32 Å². The molecule has 0 fully saturated rings. The molecule has 1 aromatic heterocycles. The van der Waals surface area contributed by atoms with Gasteiger partial charge in [0.15, 0.2) is 0 Å². The molecule has 0 aliphatic heterocycles. The van der Waals surface area contributed by atoms with Gasteiger partial charge in [-0.05, 0) is 48.5 Å². The van der Waals surface area contributed by atoms with E-state index in [1.165, 1.54) is 47.3 Å². The Morgan fingerprint density at radius 3 is 2.52 bits per heavy atom. The molecular weight excluding hydrogens is 388 g/mol. The summed E-state index contributed by atoms with van der Waals surface area (Å²) in [7, 11) is 0. The van der Waals surface area contributed by atoms with Crippen molar-refractivity contribution in [3.05, 3.63) is 82.9 Å². The summed E-state index contributed by atoms with van der Waals surface area (Å²) < 4.78 is 53.4. The lowest BCUT2D eigenvalue weighted by Gasteiger charge is -2.10. The van der Waals surface area contributed by atoms with Crippen LogP contribution in [0.2, 0.25) is 0 Å². The van der Waals surface area contributed by atoms with Crippen LogP contribution >= 0.6 is 0 Å². The fourth-order valence-electron chi connectivity index (χ4n) is 2.65. The lowest BCUT2D eigenvalue weighted by atomic mass is 10.1. The molecule has 1 heterocycles. The highest BCUT2D eigenvalue weighted by atomic mass is 19.4. The number of hydrogen-bond acceptors (Lipinski definition) is 3. The summed E-state index contributed by atoms with van der Waals surface area (Å²) in [6.45, 7) is 0.244. The smallest absolute Gasteiger partial charge is 0.352 e. The third-order valence-corrected chi connectivity index (χ3v) is 4.11. The molecule has 3 aromatic rings. The maximum absolute atomic E-state index is 13.1. The average molecular weight is 402 g/mol. The van der Waals surface area contributed by atoms with Gasteiger partial charge in [0.25, 0.3) is 5.91 Å². The zero-order valence-corrected chi connectivity index (χ0v) is 14.9. The summed E-state index contributed by atoms with van der Waals surface area (Å²) >= 11 is 0. The van der Waals surface area contributed by atoms with Crippen molar-refractivity contribution in [2.24, 2.45) is 0 Å². The van der Waals surface area contributed by atoms with Crippen molar-refractivity contribution in [3.8, 4) is 11.8 Å². The fraction of sp³-hybridized carbons (Fsp3) is 0.150. The molecule has 2 aromatic carbocycles. The number of carbonyl (C=O) groups excluding carboxylic acids is 1. The molecule has 148 valence electrons. The van der Waals surface area contributed by atoms with Gasteiger partial charge in [-0.3, -0.25) is 4.79 Å². The molecule has 0 saturated heterocycles. The van der Waals surface area contributed by atoms with Crippen LogP contribution in [0.25, 0.3) is 5.69 Å². The molecule has 1 amide bonds. The molecule has 0 bridgehead atoms. The fourth-order valence-corrected chi connectivity index (χ4v) is 2.65. The second kappa shape index (κ2) is 8.14. The predicted octanol–water partition coefficient (Wildman–Crippen LogP) is 3.87. The SMILES string of the molecule is N#Cc1ccc(-n2ccc(CCNC(=O)c3ccc(F)cc3)n2)cc1C(F)(F)F. The van der Waals surface area contributed by atoms with E-state index in [0.29, 0.717) is 17.7 Å². The number of amides is 1. The molecule has 29 heavy (non-hydrogen) atoms. The van der Waals surface area contributed by atoms with Crippen molar-refractivity contribution in [3.63, 3.8) is 0 Å². The lowest BCUT2D eigenvalue weighted by Crippen LogP contribution is -2.25. The van der Waals surface area contributed by atoms with Crippen molar-refractivity contribution >= 4 is 5.91 Å². The van der Waals surface area contributed by atoms with Crippen molar-refractivity contribution in [2.45, 2.75) is 12.6 Å². The minimum Gasteiger partial charge on any atom is -0.352 e. The van der Waals surface area contributed by atoms with Gasteiger partial charge in [-0.1, -0.05) is 0 Å². The Morgan fingerprint density at radius 1 is 1.14 bits per heavy atom. The van der Waals surface area contributed by atoms with Crippen LogP contribution in [0.3, 0.4) is 0 Å². The van der Waals surface area contributed by atoms with Crippen LogP contribution in [0.4, 0.5) is 17.6 Å². The van der Waals surface area contributed by atoms with E-state index in [1.54, 1.807) is 6.07 Å². The summed E-state index contributed by atoms with van der Waals surface area (Å²) in [5.74, 6) is -0.810. The van der Waals surface area contributed by atoms with Gasteiger partial charge < -0.3 is 5.32 Å². The summed E-state index contributed by atoms with van der Waals surface area (Å²) in [6.07, 6.45) is -2.80. The Bertz CT molecular complexity index is 1070. The molecule has 0 aliphatic carbocycles. The Hall–Kier alpha value is -3.67. The van der Waals surface area contributed by atoms with Crippen LogP contribution in [-0.2, 0) is 12.6 Å². The largest absolute Gasteiger partial charge is 0.417 e. The number of hydrogen-bond donors (Lipinski definition) is 1. The molecule has 9 heteroatoms. The Balaban J connectivity index is 1.66. The Kier molecular flexibility index (Phi) is 5.64. The molecule has 1 N–H and O–H groups in total. The number of benzene rings is 2. The van der Waals surface area contributed by atoms with Gasteiger partial charge in [-0.15, -0.1) is 0 Å². The van der Waals surface area contributed by atoms with E-state index in [-0.39, 0.29) is 18.1 Å². The van der Waals surface area contributed by atoms with Gasteiger partial charge in [-0.25, -0.2) is 9.07 Å². The van der Waals surface area contributed by atoms with Gasteiger partial charge in [0, 0.05) is 24.7 Å². The number of alkyl halides is 3. The van der Waals surface area contributed by atoms with E-state index < -0.39 is 23.1 Å². The second-order valence-electron chi connectivity index (χ2n) is 6.10. The Labute approximate surface area is 163 Å². The standard InChI is InChI=1S/C20H14F4N4O/c21-15-4-1-13(2-5-15)19(29)26-9-7-16-8-10-28(27-16)17-6-3-14(12-25)18(11-17)20(22,23)24/h1-6,8,10-11H,7,9H2,(H,26,29). The highest BCUT2D eigenvalue weighted by Crippen LogP contribution is 2.33. The monoisotopic (exact) mass is 402 g/mol. The number of halogens is 4. The summed E-state index contributed by atoms with van der Waals surface area (Å²) in [5, 5.41) is 15.7. The minimum atomic E-state index is -4.65. The van der Waals surface area contributed by atoms with Crippen LogP contribution in [0, 0.1) is 17.1 Å². The minimum absolute atomic E-state index is 0.165. The van der Waals surface area contributed by atoms with Crippen molar-refractivity contribution in [2.75, 3.05) is 6.54 Å². The maximum Gasteiger partial charge on any atom is 0.417 e. The molecule has 0 radical (unpaired) electrons. The van der Waals surface area contributed by atoms with Crippen LogP contribution in [0.5, 0.6) is 0 Å². The van der Waals surface area contributed by atoms with Crippen molar-refractivity contribution in [1.82, 2.24) is 15.1 Å². The molecule has 3 rings (SSSR count). The molecule has 0 unspecified atom stereocenters. The number of nitrogens with one attached hydrogen (secondary N) is 1. The molecule has 0 atom stereocenters. The van der Waals surface area contributed by atoms with Gasteiger partial charge in [0.05, 0.1) is 28.6 Å². The first-order valence-corrected chi connectivity index (χ1v) is 8.48. The molecule has 0 spiro atoms. The molecule has 0 saturated carbocycles. The van der Waals surface area contributed by atoms with Gasteiger partial charge in [0.1, 0.15) is 5.82 Å². The predicted molar refractivity (Wildman–Crippen MR) is 95.7 cm³/mol. The Morgan fingerprint density at radius 2 is 1.86 bits per heavy atom. The van der Waals surface area contributed by atoms with Gasteiger partial charge in [-0.2, -0.15) is 23.5 Å². The summed E-state index contributed by atoms with van der Waals surface area (Å²) in [4.78, 5) is 12.0. The average Bonchev–Trinajstić information content (AvgIpc) is 3.16. The van der Waals surface area contributed by atoms with E-state index in [1.807, 2.05) is 0 Å². The second-order valence-corrected chi connectivity index (χ2v) is 6.10. The first-order valence-electron chi connectivity index (χ1n) is 8.48. The lowest BCUT2D eigenvalue weighted by molar-refractivity contribution is -0.137. The highest BCUT2D eigenvalue weighted by molar-refractivity contribution is 5.94. The third kappa shape index (κ3) is 4.79. The third-order valence-electron chi connectivity index (χ3n) is 4.11. The number of carbonyl (C=O) groups is 1. The van der Waals surface area contributed by atoms with Crippen molar-refractivity contribution < 1.29 is 22.4 Å². The number of aromatic nitrogens is 2. The number of rotatable bonds is 5. The molecule has 0 aliphatic rings. The van der Waals surface area contributed by atoms with Crippen LogP contribution in [-0.4, -0.2) is 22.2 Å². The maximum atomic E-state index is 13.1. The molecule has 5 nitrogen and oxygen atoms in total. The van der Waals surface area contributed by atoms with E-state index in [0.717, 1.165) is 12.1 Å². The first kappa shape index (κ1) is 20.1. The number of nitrogens with zero attached hydrogens (tertiary/aromatic N) is 3. The van der Waals surface area contributed by atoms with E-state index in [4.69, 9.17) is 5.26 Å². The number of nitriles is 1. The van der Waals surface area contributed by atoms with E-state index >= 15 is 0 Å².